The zero-order valence-corrected chi connectivity index (χ0v) is 16.0. The number of ether oxygens (including phenoxy) is 2. The Balaban J connectivity index is 1.44. The SMILES string of the molecule is COc1ccc(OC)c(-c2csc(NC(=O)C[C@H]3C[C@H]4CC[C@@H]3C4)n2)c1. The van der Waals surface area contributed by atoms with Crippen LogP contribution in [0.5, 0.6) is 11.5 Å². The van der Waals surface area contributed by atoms with E-state index in [0.717, 1.165) is 34.6 Å². The number of fused-ring (bicyclic) bond motifs is 2. The van der Waals surface area contributed by atoms with Gasteiger partial charge in [-0.15, -0.1) is 11.3 Å². The third kappa shape index (κ3) is 3.43. The smallest absolute Gasteiger partial charge is 0.226 e. The molecule has 0 spiro atoms. The summed E-state index contributed by atoms with van der Waals surface area (Å²) in [5.41, 5.74) is 1.64. The van der Waals surface area contributed by atoms with Gasteiger partial charge in [0.05, 0.1) is 19.9 Å². The van der Waals surface area contributed by atoms with Crippen LogP contribution in [0.1, 0.15) is 32.1 Å². The van der Waals surface area contributed by atoms with Crippen LogP contribution in [0.4, 0.5) is 5.13 Å². The van der Waals surface area contributed by atoms with E-state index in [1.54, 1.807) is 14.2 Å². The van der Waals surface area contributed by atoms with Gasteiger partial charge >= 0.3 is 0 Å². The van der Waals surface area contributed by atoms with Crippen LogP contribution in [0.25, 0.3) is 11.3 Å². The van der Waals surface area contributed by atoms with E-state index in [1.165, 1.54) is 37.0 Å². The third-order valence-electron chi connectivity index (χ3n) is 5.77. The molecule has 4 rings (SSSR count). The zero-order valence-electron chi connectivity index (χ0n) is 15.2. The summed E-state index contributed by atoms with van der Waals surface area (Å²) in [5.74, 6) is 3.75. The number of methoxy groups -OCH3 is 2. The Hall–Kier alpha value is -2.08. The first kappa shape index (κ1) is 17.3. The van der Waals surface area contributed by atoms with Crippen LogP contribution >= 0.6 is 11.3 Å². The predicted molar refractivity (Wildman–Crippen MR) is 103 cm³/mol. The highest BCUT2D eigenvalue weighted by Crippen LogP contribution is 2.49. The Morgan fingerprint density at radius 2 is 2.15 bits per heavy atom. The minimum atomic E-state index is 0.0843. The van der Waals surface area contributed by atoms with E-state index in [-0.39, 0.29) is 5.91 Å². The number of rotatable bonds is 6. The highest BCUT2D eigenvalue weighted by Gasteiger charge is 2.40. The minimum Gasteiger partial charge on any atom is -0.497 e. The maximum atomic E-state index is 12.4. The molecule has 1 aromatic heterocycles. The van der Waals surface area contributed by atoms with Crippen molar-refractivity contribution in [1.29, 1.82) is 0 Å². The summed E-state index contributed by atoms with van der Waals surface area (Å²) in [4.78, 5) is 17.0. The fourth-order valence-electron chi connectivity index (χ4n) is 4.50. The second-order valence-electron chi connectivity index (χ2n) is 7.29. The second kappa shape index (κ2) is 7.27. The van der Waals surface area contributed by atoms with Gasteiger partial charge < -0.3 is 14.8 Å². The van der Waals surface area contributed by atoms with Crippen LogP contribution in [0.3, 0.4) is 0 Å². The van der Waals surface area contributed by atoms with E-state index in [2.05, 4.69) is 10.3 Å². The molecular weight excluding hydrogens is 348 g/mol. The van der Waals surface area contributed by atoms with Gasteiger partial charge in [0.1, 0.15) is 11.5 Å². The molecule has 6 heteroatoms. The van der Waals surface area contributed by atoms with Crippen LogP contribution in [0.2, 0.25) is 0 Å². The number of carbonyl (C=O) groups is 1. The topological polar surface area (TPSA) is 60.5 Å². The number of carbonyl (C=O) groups excluding carboxylic acids is 1. The first-order valence-electron chi connectivity index (χ1n) is 9.14. The summed E-state index contributed by atoms with van der Waals surface area (Å²) in [6.07, 6.45) is 5.84. The van der Waals surface area contributed by atoms with Gasteiger partial charge in [-0.1, -0.05) is 6.42 Å². The summed E-state index contributed by atoms with van der Waals surface area (Å²) < 4.78 is 10.7. The highest BCUT2D eigenvalue weighted by molar-refractivity contribution is 7.14. The molecule has 5 nitrogen and oxygen atoms in total. The van der Waals surface area contributed by atoms with E-state index in [4.69, 9.17) is 9.47 Å². The van der Waals surface area contributed by atoms with Gasteiger partial charge in [-0.05, 0) is 55.2 Å². The molecular formula is C20H24N2O3S. The van der Waals surface area contributed by atoms with Gasteiger partial charge in [-0.25, -0.2) is 4.98 Å². The first-order chi connectivity index (χ1) is 12.7. The number of benzene rings is 1. The van der Waals surface area contributed by atoms with Crippen molar-refractivity contribution in [2.45, 2.75) is 32.1 Å². The molecule has 1 N–H and O–H groups in total. The number of hydrogen-bond donors (Lipinski definition) is 1. The number of amides is 1. The Bertz CT molecular complexity index is 804. The highest BCUT2D eigenvalue weighted by atomic mass is 32.1. The molecule has 26 heavy (non-hydrogen) atoms. The van der Waals surface area contributed by atoms with Gasteiger partial charge in [0.25, 0.3) is 0 Å². The van der Waals surface area contributed by atoms with Crippen LogP contribution in [-0.4, -0.2) is 25.1 Å². The molecule has 0 radical (unpaired) electrons. The summed E-state index contributed by atoms with van der Waals surface area (Å²) in [5, 5.41) is 5.55. The second-order valence-corrected chi connectivity index (χ2v) is 8.15. The van der Waals surface area contributed by atoms with Crippen molar-refractivity contribution >= 4 is 22.4 Å². The van der Waals surface area contributed by atoms with Crippen molar-refractivity contribution in [3.05, 3.63) is 23.6 Å². The maximum Gasteiger partial charge on any atom is 0.226 e. The molecule has 2 fully saturated rings. The van der Waals surface area contributed by atoms with Gasteiger partial charge in [0, 0.05) is 17.4 Å². The van der Waals surface area contributed by atoms with Gasteiger partial charge in [-0.2, -0.15) is 0 Å². The van der Waals surface area contributed by atoms with Gasteiger partial charge in [0.2, 0.25) is 5.91 Å². The Labute approximate surface area is 157 Å². The van der Waals surface area contributed by atoms with Crippen molar-refractivity contribution in [3.63, 3.8) is 0 Å². The molecule has 2 aliphatic carbocycles. The zero-order chi connectivity index (χ0) is 18.1. The summed E-state index contributed by atoms with van der Waals surface area (Å²) >= 11 is 1.44. The lowest BCUT2D eigenvalue weighted by Gasteiger charge is -2.20. The maximum absolute atomic E-state index is 12.4. The van der Waals surface area contributed by atoms with Gasteiger partial charge in [0.15, 0.2) is 5.13 Å². The number of hydrogen-bond acceptors (Lipinski definition) is 5. The Morgan fingerprint density at radius 3 is 2.85 bits per heavy atom. The van der Waals surface area contributed by atoms with Crippen molar-refractivity contribution in [2.75, 3.05) is 19.5 Å². The van der Waals surface area contributed by atoms with Crippen LogP contribution < -0.4 is 14.8 Å². The first-order valence-corrected chi connectivity index (χ1v) is 10.0. The molecule has 3 atom stereocenters. The summed E-state index contributed by atoms with van der Waals surface area (Å²) in [6.45, 7) is 0. The van der Waals surface area contributed by atoms with E-state index >= 15 is 0 Å². The fourth-order valence-corrected chi connectivity index (χ4v) is 5.23. The number of nitrogens with zero attached hydrogens (tertiary/aromatic N) is 1. The van der Waals surface area contributed by atoms with Crippen LogP contribution in [0, 0.1) is 17.8 Å². The Morgan fingerprint density at radius 1 is 1.27 bits per heavy atom. The lowest BCUT2D eigenvalue weighted by atomic mass is 9.86. The number of nitrogens with one attached hydrogen (secondary N) is 1. The average molecular weight is 372 g/mol. The van der Waals surface area contributed by atoms with E-state index in [0.29, 0.717) is 17.5 Å². The normalized spacial score (nSPS) is 23.8. The van der Waals surface area contributed by atoms with Crippen LogP contribution in [-0.2, 0) is 4.79 Å². The van der Waals surface area contributed by atoms with Crippen molar-refractivity contribution in [3.8, 4) is 22.8 Å². The van der Waals surface area contributed by atoms with Crippen molar-refractivity contribution in [2.24, 2.45) is 17.8 Å². The van der Waals surface area contributed by atoms with Gasteiger partial charge in [-0.3, -0.25) is 4.79 Å². The molecule has 0 aliphatic heterocycles. The van der Waals surface area contributed by atoms with Crippen molar-refractivity contribution in [1.82, 2.24) is 4.98 Å². The monoisotopic (exact) mass is 372 g/mol. The molecule has 2 aliphatic rings. The average Bonchev–Trinajstić information content (AvgIpc) is 3.38. The van der Waals surface area contributed by atoms with Crippen LogP contribution in [0.15, 0.2) is 23.6 Å². The molecule has 2 bridgehead atoms. The molecule has 0 unspecified atom stereocenters. The molecule has 138 valence electrons. The number of anilines is 1. The lowest BCUT2D eigenvalue weighted by Crippen LogP contribution is -2.20. The fraction of sp³-hybridized carbons (Fsp3) is 0.500. The summed E-state index contributed by atoms with van der Waals surface area (Å²) in [7, 11) is 3.27. The summed E-state index contributed by atoms with van der Waals surface area (Å²) in [6, 6.07) is 5.61. The van der Waals surface area contributed by atoms with E-state index < -0.39 is 0 Å². The third-order valence-corrected chi connectivity index (χ3v) is 6.52. The number of aromatic nitrogens is 1. The molecule has 0 saturated heterocycles. The van der Waals surface area contributed by atoms with E-state index in [1.807, 2.05) is 23.6 Å². The number of thiazole rings is 1. The quantitative estimate of drug-likeness (QED) is 0.805. The molecule has 1 amide bonds. The lowest BCUT2D eigenvalue weighted by molar-refractivity contribution is -0.117. The molecule has 2 saturated carbocycles. The minimum absolute atomic E-state index is 0.0843. The largest absolute Gasteiger partial charge is 0.497 e. The van der Waals surface area contributed by atoms with E-state index in [9.17, 15) is 4.79 Å². The standard InChI is InChI=1S/C20H24N2O3S/c1-24-15-5-6-18(25-2)16(10-15)17-11-26-20(21-17)22-19(23)9-14-8-12-3-4-13(14)7-12/h5-6,10-14H,3-4,7-9H2,1-2H3,(H,21,22,23)/t12-,13+,14+/m0/s1. The molecule has 1 heterocycles. The molecule has 2 aromatic rings. The van der Waals surface area contributed by atoms with Crippen molar-refractivity contribution < 1.29 is 14.3 Å². The molecule has 1 aromatic carbocycles. The predicted octanol–water partition coefficient (Wildman–Crippen LogP) is 4.59. The Kier molecular flexibility index (Phi) is 4.85.